The minimum Gasteiger partial charge on any atom is -0.301 e. The Morgan fingerprint density at radius 3 is 2.69 bits per heavy atom. The molecule has 0 saturated carbocycles. The first-order valence-corrected chi connectivity index (χ1v) is 10.4. The van der Waals surface area contributed by atoms with Crippen LogP contribution in [0, 0.1) is 5.82 Å². The number of thioether (sulfide) groups is 1. The van der Waals surface area contributed by atoms with Crippen molar-refractivity contribution in [1.82, 2.24) is 25.2 Å². The van der Waals surface area contributed by atoms with E-state index in [9.17, 15) is 9.18 Å². The van der Waals surface area contributed by atoms with Crippen molar-refractivity contribution in [2.45, 2.75) is 17.3 Å². The van der Waals surface area contributed by atoms with Crippen LogP contribution >= 0.6 is 23.1 Å². The average Bonchev–Trinajstić information content (AvgIpc) is 3.39. The molecular formula is C19H15FN6OS2. The Bertz CT molecular complexity index is 1110. The summed E-state index contributed by atoms with van der Waals surface area (Å²) >= 11 is 2.56. The third-order valence-corrected chi connectivity index (χ3v) is 5.76. The Morgan fingerprint density at radius 2 is 1.93 bits per heavy atom. The molecular weight excluding hydrogens is 411 g/mol. The molecule has 4 rings (SSSR count). The zero-order valence-electron chi connectivity index (χ0n) is 15.2. The van der Waals surface area contributed by atoms with Crippen LogP contribution in [0.2, 0.25) is 0 Å². The van der Waals surface area contributed by atoms with E-state index in [0.29, 0.717) is 16.0 Å². The van der Waals surface area contributed by atoms with E-state index in [1.807, 2.05) is 35.7 Å². The highest BCUT2D eigenvalue weighted by Gasteiger charge is 2.20. The number of nitrogens with one attached hydrogen (secondary N) is 1. The second-order valence-electron chi connectivity index (χ2n) is 6.00. The van der Waals surface area contributed by atoms with Gasteiger partial charge in [0.05, 0.1) is 16.6 Å². The van der Waals surface area contributed by atoms with Gasteiger partial charge in [-0.05, 0) is 53.7 Å². The Hall–Kier alpha value is -3.11. The van der Waals surface area contributed by atoms with E-state index >= 15 is 0 Å². The molecule has 0 aliphatic heterocycles. The minimum atomic E-state index is -0.443. The van der Waals surface area contributed by atoms with Gasteiger partial charge in [-0.3, -0.25) is 4.79 Å². The van der Waals surface area contributed by atoms with Crippen molar-refractivity contribution >= 4 is 34.1 Å². The second-order valence-corrected chi connectivity index (χ2v) is 8.17. The summed E-state index contributed by atoms with van der Waals surface area (Å²) in [6.45, 7) is 1.78. The van der Waals surface area contributed by atoms with Gasteiger partial charge in [0.1, 0.15) is 5.82 Å². The molecule has 29 heavy (non-hydrogen) atoms. The highest BCUT2D eigenvalue weighted by atomic mass is 32.2. The smallest absolute Gasteiger partial charge is 0.239 e. The normalized spacial score (nSPS) is 11.9. The lowest BCUT2D eigenvalue weighted by atomic mass is 10.2. The van der Waals surface area contributed by atoms with Crippen molar-refractivity contribution in [3.8, 4) is 16.9 Å². The van der Waals surface area contributed by atoms with Crippen molar-refractivity contribution in [2.24, 2.45) is 0 Å². The minimum absolute atomic E-state index is 0.211. The largest absolute Gasteiger partial charge is 0.301 e. The fourth-order valence-corrected chi connectivity index (χ4v) is 4.02. The number of aromatic nitrogens is 5. The quantitative estimate of drug-likeness (QED) is 0.468. The van der Waals surface area contributed by atoms with Crippen molar-refractivity contribution in [3.05, 3.63) is 65.8 Å². The van der Waals surface area contributed by atoms with Gasteiger partial charge in [0.25, 0.3) is 0 Å². The molecule has 0 spiro atoms. The maximum atomic E-state index is 13.1. The molecule has 2 heterocycles. The molecule has 4 aromatic rings. The third-order valence-electron chi connectivity index (χ3n) is 3.97. The predicted molar refractivity (Wildman–Crippen MR) is 111 cm³/mol. The van der Waals surface area contributed by atoms with Crippen LogP contribution in [0.15, 0.2) is 65.1 Å². The number of benzene rings is 2. The van der Waals surface area contributed by atoms with Gasteiger partial charge in [-0.2, -0.15) is 4.68 Å². The van der Waals surface area contributed by atoms with Gasteiger partial charge < -0.3 is 5.32 Å². The highest BCUT2D eigenvalue weighted by molar-refractivity contribution is 8.00. The first kappa shape index (κ1) is 19.2. The number of tetrazole rings is 1. The zero-order valence-corrected chi connectivity index (χ0v) is 16.8. The monoisotopic (exact) mass is 426 g/mol. The Kier molecular flexibility index (Phi) is 5.63. The Labute approximate surface area is 174 Å². The SMILES string of the molecule is CC(Sc1nnnn1-c1ccccc1)C(=O)Nc1nc(-c2ccc(F)cc2)cs1. The summed E-state index contributed by atoms with van der Waals surface area (Å²) in [6, 6.07) is 15.5. The summed E-state index contributed by atoms with van der Waals surface area (Å²) < 4.78 is 14.7. The molecule has 7 nitrogen and oxygen atoms in total. The average molecular weight is 427 g/mol. The molecule has 10 heteroatoms. The first-order chi connectivity index (χ1) is 14.1. The van der Waals surface area contributed by atoms with Crippen molar-refractivity contribution < 1.29 is 9.18 Å². The number of hydrogen-bond acceptors (Lipinski definition) is 7. The second kappa shape index (κ2) is 8.50. The molecule has 1 amide bonds. The molecule has 0 aliphatic carbocycles. The van der Waals surface area contributed by atoms with Gasteiger partial charge >= 0.3 is 0 Å². The van der Waals surface area contributed by atoms with E-state index in [1.165, 1.54) is 35.2 Å². The molecule has 2 aromatic carbocycles. The number of hydrogen-bond donors (Lipinski definition) is 1. The number of anilines is 1. The lowest BCUT2D eigenvalue weighted by Crippen LogP contribution is -2.22. The summed E-state index contributed by atoms with van der Waals surface area (Å²) in [7, 11) is 0. The number of halogens is 1. The maximum Gasteiger partial charge on any atom is 0.239 e. The number of para-hydroxylation sites is 1. The van der Waals surface area contributed by atoms with Gasteiger partial charge in [-0.15, -0.1) is 16.4 Å². The van der Waals surface area contributed by atoms with Crippen LogP contribution in [0.3, 0.4) is 0 Å². The molecule has 2 aromatic heterocycles. The van der Waals surface area contributed by atoms with Gasteiger partial charge in [0.15, 0.2) is 5.13 Å². The predicted octanol–water partition coefficient (Wildman–Crippen LogP) is 4.04. The number of carbonyl (C=O) groups is 1. The fraction of sp³-hybridized carbons (Fsp3) is 0.105. The fourth-order valence-electron chi connectivity index (χ4n) is 2.49. The Balaban J connectivity index is 1.42. The molecule has 146 valence electrons. The Morgan fingerprint density at radius 1 is 1.17 bits per heavy atom. The van der Waals surface area contributed by atoms with Gasteiger partial charge in [-0.1, -0.05) is 30.0 Å². The zero-order chi connectivity index (χ0) is 20.2. The molecule has 1 atom stereocenters. The van der Waals surface area contributed by atoms with Gasteiger partial charge in [-0.25, -0.2) is 9.37 Å². The lowest BCUT2D eigenvalue weighted by molar-refractivity contribution is -0.115. The number of amides is 1. The summed E-state index contributed by atoms with van der Waals surface area (Å²) in [5.74, 6) is -0.515. The topological polar surface area (TPSA) is 85.6 Å². The molecule has 0 saturated heterocycles. The van der Waals surface area contributed by atoms with E-state index < -0.39 is 5.25 Å². The molecule has 0 bridgehead atoms. The molecule has 1 N–H and O–H groups in total. The van der Waals surface area contributed by atoms with Crippen LogP contribution < -0.4 is 5.32 Å². The van der Waals surface area contributed by atoms with Crippen LogP contribution in [-0.2, 0) is 4.79 Å². The van der Waals surface area contributed by atoms with Crippen molar-refractivity contribution in [2.75, 3.05) is 5.32 Å². The van der Waals surface area contributed by atoms with Crippen LogP contribution in [0.5, 0.6) is 0 Å². The van der Waals surface area contributed by atoms with Crippen LogP contribution in [0.25, 0.3) is 16.9 Å². The maximum absolute atomic E-state index is 13.1. The summed E-state index contributed by atoms with van der Waals surface area (Å²) in [5, 5.41) is 16.9. The standard InChI is InChI=1S/C19H15FN6OS2/c1-12(29-19-23-24-25-26(19)15-5-3-2-4-6-15)17(27)22-18-21-16(11-28-18)13-7-9-14(20)10-8-13/h2-12H,1H3,(H,21,22,27). The number of rotatable bonds is 6. The first-order valence-electron chi connectivity index (χ1n) is 8.63. The van der Waals surface area contributed by atoms with Gasteiger partial charge in [0.2, 0.25) is 11.1 Å². The van der Waals surface area contributed by atoms with E-state index in [-0.39, 0.29) is 11.7 Å². The van der Waals surface area contributed by atoms with E-state index in [1.54, 1.807) is 23.7 Å². The summed E-state index contributed by atoms with van der Waals surface area (Å²) in [6.07, 6.45) is 0. The van der Waals surface area contributed by atoms with E-state index in [2.05, 4.69) is 25.8 Å². The van der Waals surface area contributed by atoms with E-state index in [0.717, 1.165) is 11.3 Å². The number of nitrogens with zero attached hydrogens (tertiary/aromatic N) is 5. The number of thiazole rings is 1. The van der Waals surface area contributed by atoms with Crippen molar-refractivity contribution in [1.29, 1.82) is 0 Å². The lowest BCUT2D eigenvalue weighted by Gasteiger charge is -2.10. The number of carbonyl (C=O) groups excluding carboxylic acids is 1. The molecule has 0 aliphatic rings. The molecule has 0 radical (unpaired) electrons. The van der Waals surface area contributed by atoms with Crippen LogP contribution in [-0.4, -0.2) is 36.3 Å². The highest BCUT2D eigenvalue weighted by Crippen LogP contribution is 2.27. The molecule has 1 unspecified atom stereocenters. The summed E-state index contributed by atoms with van der Waals surface area (Å²) in [4.78, 5) is 17.0. The third kappa shape index (κ3) is 4.49. The van der Waals surface area contributed by atoms with Gasteiger partial charge in [0, 0.05) is 10.9 Å². The molecule has 0 fully saturated rings. The van der Waals surface area contributed by atoms with Crippen molar-refractivity contribution in [3.63, 3.8) is 0 Å². The van der Waals surface area contributed by atoms with Crippen LogP contribution in [0.4, 0.5) is 9.52 Å². The van der Waals surface area contributed by atoms with E-state index in [4.69, 9.17) is 0 Å². The summed E-state index contributed by atoms with van der Waals surface area (Å²) in [5.41, 5.74) is 2.28. The van der Waals surface area contributed by atoms with Crippen LogP contribution in [0.1, 0.15) is 6.92 Å².